The van der Waals surface area contributed by atoms with E-state index in [0.29, 0.717) is 5.57 Å². The summed E-state index contributed by atoms with van der Waals surface area (Å²) >= 11 is 0. The number of allylic oxidation sites excluding steroid dienone is 1. The molecule has 0 aromatic rings. The lowest BCUT2D eigenvalue weighted by Gasteiger charge is -2.43. The van der Waals surface area contributed by atoms with Crippen LogP contribution in [-0.4, -0.2) is 11.3 Å². The zero-order valence-electron chi connectivity index (χ0n) is 18.6. The van der Waals surface area contributed by atoms with E-state index >= 15 is 0 Å². The first kappa shape index (κ1) is 25.4. The molecule has 1 unspecified atom stereocenters. The van der Waals surface area contributed by atoms with Crippen LogP contribution in [0.15, 0.2) is 12.2 Å². The van der Waals surface area contributed by atoms with Gasteiger partial charge in [0, 0.05) is 5.54 Å². The predicted molar refractivity (Wildman–Crippen MR) is 117 cm³/mol. The Kier molecular flexibility index (Phi) is 13.2. The van der Waals surface area contributed by atoms with E-state index in [9.17, 15) is 4.79 Å². The zero-order chi connectivity index (χ0) is 20.1. The van der Waals surface area contributed by atoms with Crippen LogP contribution in [0.5, 0.6) is 0 Å². The van der Waals surface area contributed by atoms with Gasteiger partial charge in [0.25, 0.3) is 0 Å². The van der Waals surface area contributed by atoms with Gasteiger partial charge in [-0.15, -0.1) is 0 Å². The molecule has 0 aliphatic carbocycles. The largest absolute Gasteiger partial charge is 0.325 e. The van der Waals surface area contributed by atoms with Crippen LogP contribution in [0.2, 0.25) is 0 Å². The molecule has 154 valence electrons. The lowest BCUT2D eigenvalue weighted by atomic mass is 9.63. The molecule has 0 aliphatic rings. The molecule has 0 aromatic heterocycles. The molecule has 0 rings (SSSR count). The molecule has 2 heteroatoms. The minimum absolute atomic E-state index is 0.163. The highest BCUT2D eigenvalue weighted by Crippen LogP contribution is 2.41. The summed E-state index contributed by atoms with van der Waals surface area (Å²) in [4.78, 5) is 12.8. The van der Waals surface area contributed by atoms with Crippen molar-refractivity contribution in [2.75, 3.05) is 0 Å². The highest BCUT2D eigenvalue weighted by Gasteiger charge is 2.46. The minimum atomic E-state index is -0.504. The van der Waals surface area contributed by atoms with Crippen molar-refractivity contribution in [3.05, 3.63) is 12.2 Å². The third-order valence-electron chi connectivity index (χ3n) is 6.12. The summed E-state index contributed by atoms with van der Waals surface area (Å²) in [5, 5.41) is 0. The van der Waals surface area contributed by atoms with Crippen LogP contribution in [0.25, 0.3) is 0 Å². The highest BCUT2D eigenvalue weighted by atomic mass is 16.1. The molecule has 2 nitrogen and oxygen atoms in total. The number of hydrogen-bond donors (Lipinski definition) is 1. The molecule has 0 spiro atoms. The second-order valence-corrected chi connectivity index (χ2v) is 8.91. The fraction of sp³-hybridized carbons (Fsp3) is 0.875. The Morgan fingerprint density at radius 1 is 0.808 bits per heavy atom. The molecule has 26 heavy (non-hydrogen) atoms. The van der Waals surface area contributed by atoms with E-state index in [1.807, 2.05) is 20.8 Å². The van der Waals surface area contributed by atoms with E-state index < -0.39 is 11.0 Å². The van der Waals surface area contributed by atoms with Crippen LogP contribution in [0.3, 0.4) is 0 Å². The van der Waals surface area contributed by atoms with E-state index in [4.69, 9.17) is 5.73 Å². The van der Waals surface area contributed by atoms with Crippen LogP contribution < -0.4 is 5.73 Å². The van der Waals surface area contributed by atoms with Gasteiger partial charge in [-0.3, -0.25) is 4.79 Å². The van der Waals surface area contributed by atoms with E-state index in [1.165, 1.54) is 70.6 Å². The van der Waals surface area contributed by atoms with Crippen molar-refractivity contribution in [2.45, 2.75) is 130 Å². The number of unbranched alkanes of at least 4 members (excludes halogenated alkanes) is 11. The summed E-state index contributed by atoms with van der Waals surface area (Å²) in [6.45, 7) is 14.1. The molecule has 0 saturated heterocycles. The molecular weight excluding hydrogens is 318 g/mol. The van der Waals surface area contributed by atoms with Gasteiger partial charge in [0.1, 0.15) is 0 Å². The quantitative estimate of drug-likeness (QED) is 0.216. The molecule has 2 N–H and O–H groups in total. The van der Waals surface area contributed by atoms with Crippen molar-refractivity contribution in [3.8, 4) is 0 Å². The lowest BCUT2D eigenvalue weighted by Crippen LogP contribution is -2.55. The maximum absolute atomic E-state index is 12.8. The molecule has 0 radical (unpaired) electrons. The first-order valence-electron chi connectivity index (χ1n) is 11.2. The molecule has 0 bridgehead atoms. The molecule has 0 fully saturated rings. The van der Waals surface area contributed by atoms with E-state index in [0.717, 1.165) is 19.3 Å². The molecule has 0 aromatic carbocycles. The van der Waals surface area contributed by atoms with Crippen LogP contribution in [0.4, 0.5) is 0 Å². The van der Waals surface area contributed by atoms with Crippen molar-refractivity contribution >= 4 is 5.78 Å². The Hall–Kier alpha value is -0.630. The van der Waals surface area contributed by atoms with Gasteiger partial charge >= 0.3 is 0 Å². The maximum Gasteiger partial charge on any atom is 0.165 e. The maximum atomic E-state index is 12.8. The molecule has 0 amide bonds. The van der Waals surface area contributed by atoms with E-state index in [2.05, 4.69) is 20.4 Å². The predicted octanol–water partition coefficient (Wildman–Crippen LogP) is 7.36. The van der Waals surface area contributed by atoms with Gasteiger partial charge in [-0.05, 0) is 39.2 Å². The fourth-order valence-electron chi connectivity index (χ4n) is 4.20. The van der Waals surface area contributed by atoms with Gasteiger partial charge in [-0.2, -0.15) is 0 Å². The number of hydrogen-bond acceptors (Lipinski definition) is 2. The van der Waals surface area contributed by atoms with Gasteiger partial charge in [-0.25, -0.2) is 0 Å². The fourth-order valence-corrected chi connectivity index (χ4v) is 4.20. The first-order valence-corrected chi connectivity index (χ1v) is 11.2. The number of carbonyl (C=O) groups excluding carboxylic acids is 1. The van der Waals surface area contributed by atoms with Crippen LogP contribution in [-0.2, 0) is 4.79 Å². The molecule has 0 heterocycles. The monoisotopic (exact) mass is 365 g/mol. The van der Waals surface area contributed by atoms with E-state index in [-0.39, 0.29) is 5.78 Å². The average Bonchev–Trinajstić information content (AvgIpc) is 2.57. The Morgan fingerprint density at radius 2 is 1.19 bits per heavy atom. The standard InChI is InChI=1S/C24H47NO/c1-7-9-10-11-12-13-14-15-16-17-18-19-20-24(8-2,23(5,6)25)22(26)21(3)4/h3,7-20,25H2,1-2,4-6H3. The summed E-state index contributed by atoms with van der Waals surface area (Å²) in [5.74, 6) is 0.163. The number of carbonyl (C=O) groups is 1. The van der Waals surface area contributed by atoms with Gasteiger partial charge < -0.3 is 5.73 Å². The smallest absolute Gasteiger partial charge is 0.165 e. The second kappa shape index (κ2) is 13.5. The minimum Gasteiger partial charge on any atom is -0.325 e. The Morgan fingerprint density at radius 3 is 1.50 bits per heavy atom. The number of Topliss-reactive ketones (excluding diaryl/α,β-unsaturated/α-hetero) is 1. The SMILES string of the molecule is C=C(C)C(=O)C(CC)(CCCCCCCCCCCCCC)C(C)(C)N. The van der Waals surface area contributed by atoms with Crippen molar-refractivity contribution in [3.63, 3.8) is 0 Å². The van der Waals surface area contributed by atoms with Crippen molar-refractivity contribution in [1.29, 1.82) is 0 Å². The molecule has 0 saturated carbocycles. The van der Waals surface area contributed by atoms with Crippen LogP contribution in [0, 0.1) is 5.41 Å². The van der Waals surface area contributed by atoms with Crippen molar-refractivity contribution in [2.24, 2.45) is 11.1 Å². The van der Waals surface area contributed by atoms with Gasteiger partial charge in [0.2, 0.25) is 0 Å². The Balaban J connectivity index is 4.04. The normalized spacial score (nSPS) is 14.2. The van der Waals surface area contributed by atoms with Crippen molar-refractivity contribution in [1.82, 2.24) is 0 Å². The lowest BCUT2D eigenvalue weighted by molar-refractivity contribution is -0.129. The number of rotatable bonds is 17. The second-order valence-electron chi connectivity index (χ2n) is 8.91. The third kappa shape index (κ3) is 8.84. The summed E-state index contributed by atoms with van der Waals surface area (Å²) in [6.07, 6.45) is 17.7. The summed E-state index contributed by atoms with van der Waals surface area (Å²) in [5.41, 5.74) is 6.12. The van der Waals surface area contributed by atoms with Gasteiger partial charge in [0.15, 0.2) is 5.78 Å². The summed E-state index contributed by atoms with van der Waals surface area (Å²) < 4.78 is 0. The molecular formula is C24H47NO. The van der Waals surface area contributed by atoms with E-state index in [1.54, 1.807) is 0 Å². The van der Waals surface area contributed by atoms with Gasteiger partial charge in [-0.1, -0.05) is 97.5 Å². The summed E-state index contributed by atoms with van der Waals surface area (Å²) in [6, 6.07) is 0. The average molecular weight is 366 g/mol. The topological polar surface area (TPSA) is 43.1 Å². The van der Waals surface area contributed by atoms with Crippen LogP contribution in [0.1, 0.15) is 125 Å². The van der Waals surface area contributed by atoms with Crippen LogP contribution >= 0.6 is 0 Å². The van der Waals surface area contributed by atoms with Gasteiger partial charge in [0.05, 0.1) is 5.41 Å². The highest BCUT2D eigenvalue weighted by molar-refractivity contribution is 5.99. The first-order chi connectivity index (χ1) is 12.2. The third-order valence-corrected chi connectivity index (χ3v) is 6.12. The number of nitrogens with two attached hydrogens (primary N) is 1. The number of ketones is 1. The Labute approximate surface area is 164 Å². The zero-order valence-corrected chi connectivity index (χ0v) is 18.6. The summed E-state index contributed by atoms with van der Waals surface area (Å²) in [7, 11) is 0. The molecule has 1 atom stereocenters. The Bertz CT molecular complexity index is 394. The van der Waals surface area contributed by atoms with Crippen molar-refractivity contribution < 1.29 is 4.79 Å². The molecule has 0 aliphatic heterocycles.